The summed E-state index contributed by atoms with van der Waals surface area (Å²) in [5.74, 6) is -0.353. The fraction of sp³-hybridized carbons (Fsp3) is 0.300. The van der Waals surface area contributed by atoms with E-state index in [1.54, 1.807) is 39.0 Å². The highest BCUT2D eigenvalue weighted by Crippen LogP contribution is 2.33. The second kappa shape index (κ2) is 11.9. The molecule has 0 radical (unpaired) electrons. The molecule has 198 valence electrons. The average Bonchev–Trinajstić information content (AvgIpc) is 3.14. The monoisotopic (exact) mass is 516 g/mol. The van der Waals surface area contributed by atoms with E-state index in [-0.39, 0.29) is 31.2 Å². The zero-order valence-electron chi connectivity index (χ0n) is 21.8. The van der Waals surface area contributed by atoms with Gasteiger partial charge in [-0.2, -0.15) is 0 Å². The zero-order valence-corrected chi connectivity index (χ0v) is 21.8. The maximum atomic E-state index is 13.5. The first kappa shape index (κ1) is 26.9. The lowest BCUT2D eigenvalue weighted by Gasteiger charge is -2.26. The maximum absolute atomic E-state index is 13.5. The number of fused-ring (bicyclic) bond motifs is 1. The quantitative estimate of drug-likeness (QED) is 0.296. The number of amides is 3. The molecule has 0 bridgehead atoms. The van der Waals surface area contributed by atoms with Crippen molar-refractivity contribution < 1.29 is 28.6 Å². The van der Waals surface area contributed by atoms with Crippen LogP contribution in [0.2, 0.25) is 0 Å². The summed E-state index contributed by atoms with van der Waals surface area (Å²) in [7, 11) is 0. The lowest BCUT2D eigenvalue weighted by atomic mass is 10.1. The Morgan fingerprint density at radius 3 is 2.24 bits per heavy atom. The summed E-state index contributed by atoms with van der Waals surface area (Å²) < 4.78 is 16.9. The smallest absolute Gasteiger partial charge is 0.407 e. The zero-order chi connectivity index (χ0) is 27.1. The van der Waals surface area contributed by atoms with Gasteiger partial charge in [0.2, 0.25) is 0 Å². The molecule has 3 amide bonds. The number of nitrogens with one attached hydrogen (secondary N) is 1. The van der Waals surface area contributed by atoms with E-state index in [1.165, 1.54) is 4.90 Å². The van der Waals surface area contributed by atoms with Gasteiger partial charge in [-0.1, -0.05) is 60.7 Å². The summed E-state index contributed by atoms with van der Waals surface area (Å²) in [6, 6.07) is 23.3. The van der Waals surface area contributed by atoms with E-state index in [0.717, 1.165) is 11.1 Å². The largest absolute Gasteiger partial charge is 0.492 e. The summed E-state index contributed by atoms with van der Waals surface area (Å²) >= 11 is 0. The molecule has 0 spiro atoms. The Labute approximate surface area is 222 Å². The Balaban J connectivity index is 1.43. The number of benzene rings is 3. The van der Waals surface area contributed by atoms with Crippen LogP contribution in [0.5, 0.6) is 5.75 Å². The van der Waals surface area contributed by atoms with Crippen LogP contribution in [0.4, 0.5) is 4.79 Å². The molecule has 8 heteroatoms. The molecule has 0 fully saturated rings. The molecule has 3 aromatic carbocycles. The minimum atomic E-state index is -0.589. The van der Waals surface area contributed by atoms with E-state index < -0.39 is 23.6 Å². The minimum absolute atomic E-state index is 0.157. The molecular formula is C30H32N2O6. The maximum Gasteiger partial charge on any atom is 0.407 e. The van der Waals surface area contributed by atoms with Crippen LogP contribution in [0.25, 0.3) is 0 Å². The van der Waals surface area contributed by atoms with E-state index in [0.29, 0.717) is 17.9 Å². The summed E-state index contributed by atoms with van der Waals surface area (Å²) in [6.45, 7) is 6.27. The number of rotatable bonds is 10. The van der Waals surface area contributed by atoms with E-state index >= 15 is 0 Å². The van der Waals surface area contributed by atoms with E-state index in [1.807, 2.05) is 60.7 Å². The number of carbonyl (C=O) groups excluding carboxylic acids is 3. The van der Waals surface area contributed by atoms with Crippen molar-refractivity contribution in [1.82, 2.24) is 10.2 Å². The Hall–Kier alpha value is -4.17. The number of carbonyl (C=O) groups is 3. The molecule has 0 saturated carbocycles. The highest BCUT2D eigenvalue weighted by Gasteiger charge is 2.41. The topological polar surface area (TPSA) is 94.2 Å². The fourth-order valence-electron chi connectivity index (χ4n) is 4.11. The molecule has 1 N–H and O–H groups in total. The van der Waals surface area contributed by atoms with Crippen molar-refractivity contribution in [3.8, 4) is 5.75 Å². The molecule has 0 aromatic heterocycles. The van der Waals surface area contributed by atoms with Crippen LogP contribution in [0.3, 0.4) is 0 Å². The second-order valence-electron chi connectivity index (χ2n) is 9.89. The van der Waals surface area contributed by atoms with Crippen molar-refractivity contribution in [2.75, 3.05) is 19.8 Å². The van der Waals surface area contributed by atoms with Crippen LogP contribution < -0.4 is 10.1 Å². The molecule has 3 aromatic rings. The molecule has 1 aliphatic heterocycles. The lowest BCUT2D eigenvalue weighted by molar-refractivity contribution is 0.0359. The van der Waals surface area contributed by atoms with Crippen LogP contribution >= 0.6 is 0 Å². The van der Waals surface area contributed by atoms with Crippen molar-refractivity contribution in [2.24, 2.45) is 0 Å². The molecule has 38 heavy (non-hydrogen) atoms. The van der Waals surface area contributed by atoms with Crippen LogP contribution in [-0.4, -0.2) is 48.2 Å². The molecule has 8 nitrogen and oxygen atoms in total. The highest BCUT2D eigenvalue weighted by molar-refractivity contribution is 6.21. The average molecular weight is 517 g/mol. The van der Waals surface area contributed by atoms with Crippen LogP contribution in [0.1, 0.15) is 58.7 Å². The van der Waals surface area contributed by atoms with E-state index in [9.17, 15) is 14.4 Å². The van der Waals surface area contributed by atoms with E-state index in [4.69, 9.17) is 14.2 Å². The van der Waals surface area contributed by atoms with Gasteiger partial charge >= 0.3 is 6.09 Å². The predicted octanol–water partition coefficient (Wildman–Crippen LogP) is 5.14. The lowest BCUT2D eigenvalue weighted by Crippen LogP contribution is -2.36. The van der Waals surface area contributed by atoms with Gasteiger partial charge in [-0.05, 0) is 50.1 Å². The molecular weight excluding hydrogens is 484 g/mol. The van der Waals surface area contributed by atoms with Gasteiger partial charge in [0.05, 0.1) is 36.9 Å². The number of hydrogen-bond acceptors (Lipinski definition) is 6. The highest BCUT2D eigenvalue weighted by atomic mass is 16.6. The van der Waals surface area contributed by atoms with Crippen molar-refractivity contribution in [3.63, 3.8) is 0 Å². The van der Waals surface area contributed by atoms with Gasteiger partial charge in [0, 0.05) is 0 Å². The number of alkyl carbamates (subject to hydrolysis) is 1. The summed E-state index contributed by atoms with van der Waals surface area (Å²) in [6.07, 6.45) is -0.534. The van der Waals surface area contributed by atoms with Crippen LogP contribution in [0, 0.1) is 0 Å². The van der Waals surface area contributed by atoms with Gasteiger partial charge in [0.15, 0.2) is 0 Å². The van der Waals surface area contributed by atoms with Gasteiger partial charge in [0.25, 0.3) is 11.8 Å². The molecule has 1 heterocycles. The normalized spacial score (nSPS) is 13.7. The van der Waals surface area contributed by atoms with Gasteiger partial charge in [-0.15, -0.1) is 0 Å². The standard InChI is InChI=1S/C30H32N2O6/c1-30(2,3)38-29(35)31-16-17-37-23-14-15-24-25(18-23)28(34)32(27(24)33)26(22-12-8-5-9-13-22)20-36-19-21-10-6-4-7-11-21/h4-15,18,26H,16-17,19-20H2,1-3H3,(H,31,35)/t26-/m1/s1. The van der Waals surface area contributed by atoms with Gasteiger partial charge in [-0.25, -0.2) is 4.79 Å². The molecule has 0 saturated heterocycles. The summed E-state index contributed by atoms with van der Waals surface area (Å²) in [5, 5.41) is 2.62. The summed E-state index contributed by atoms with van der Waals surface area (Å²) in [5.41, 5.74) is 1.81. The number of imide groups is 1. The van der Waals surface area contributed by atoms with Crippen molar-refractivity contribution >= 4 is 17.9 Å². The third kappa shape index (κ3) is 6.77. The number of ether oxygens (including phenoxy) is 3. The Bertz CT molecular complexity index is 1270. The fourth-order valence-corrected chi connectivity index (χ4v) is 4.11. The molecule has 0 aliphatic carbocycles. The van der Waals surface area contributed by atoms with E-state index in [2.05, 4.69) is 5.32 Å². The predicted molar refractivity (Wildman–Crippen MR) is 142 cm³/mol. The first-order valence-electron chi connectivity index (χ1n) is 12.5. The Kier molecular flexibility index (Phi) is 8.43. The second-order valence-corrected chi connectivity index (χ2v) is 9.89. The third-order valence-corrected chi connectivity index (χ3v) is 5.81. The third-order valence-electron chi connectivity index (χ3n) is 5.81. The van der Waals surface area contributed by atoms with Crippen LogP contribution in [-0.2, 0) is 16.1 Å². The first-order valence-corrected chi connectivity index (χ1v) is 12.5. The molecule has 1 aliphatic rings. The number of nitrogens with zero attached hydrogens (tertiary/aromatic N) is 1. The van der Waals surface area contributed by atoms with Gasteiger partial charge in [0.1, 0.15) is 18.0 Å². The number of hydrogen-bond donors (Lipinski definition) is 1. The molecule has 1 atom stereocenters. The molecule has 4 rings (SSSR count). The Morgan fingerprint density at radius 1 is 0.895 bits per heavy atom. The van der Waals surface area contributed by atoms with Crippen molar-refractivity contribution in [2.45, 2.75) is 39.0 Å². The van der Waals surface area contributed by atoms with Gasteiger partial charge < -0.3 is 19.5 Å². The first-order chi connectivity index (χ1) is 18.2. The molecule has 0 unspecified atom stereocenters. The van der Waals surface area contributed by atoms with Crippen LogP contribution in [0.15, 0.2) is 78.9 Å². The van der Waals surface area contributed by atoms with Crippen molar-refractivity contribution in [1.29, 1.82) is 0 Å². The Morgan fingerprint density at radius 2 is 1.55 bits per heavy atom. The minimum Gasteiger partial charge on any atom is -0.492 e. The van der Waals surface area contributed by atoms with Gasteiger partial charge in [-0.3, -0.25) is 14.5 Å². The van der Waals surface area contributed by atoms with Crippen molar-refractivity contribution in [3.05, 3.63) is 101 Å². The summed E-state index contributed by atoms with van der Waals surface area (Å²) in [4.78, 5) is 39.9. The SMILES string of the molecule is CC(C)(C)OC(=O)NCCOc1ccc2c(c1)C(=O)N([C@H](COCc1ccccc1)c1ccccc1)C2=O.